The second-order valence-electron chi connectivity index (χ2n) is 5.50. The monoisotopic (exact) mass is 412 g/mol. The van der Waals surface area contributed by atoms with Gasteiger partial charge >= 0.3 is 0 Å². The number of methoxy groups -OCH3 is 1. The van der Waals surface area contributed by atoms with Gasteiger partial charge in [-0.1, -0.05) is 17.7 Å². The molecule has 0 spiro atoms. The van der Waals surface area contributed by atoms with E-state index in [0.717, 1.165) is 12.1 Å². The Balaban J connectivity index is 2.38. The van der Waals surface area contributed by atoms with E-state index in [9.17, 15) is 23.3 Å². The number of amides is 1. The molecule has 2 aromatic rings. The average molecular weight is 413 g/mol. The molecule has 27 heavy (non-hydrogen) atoms. The third-order valence-electron chi connectivity index (χ3n) is 3.62. The van der Waals surface area contributed by atoms with Crippen molar-refractivity contribution in [2.24, 2.45) is 0 Å². The molecule has 0 saturated carbocycles. The van der Waals surface area contributed by atoms with Gasteiger partial charge in [-0.05, 0) is 36.8 Å². The number of nitrogens with zero attached hydrogens (tertiary/aromatic N) is 1. The molecule has 1 amide bonds. The van der Waals surface area contributed by atoms with Crippen LogP contribution in [0.15, 0.2) is 52.3 Å². The molecule has 0 unspecified atom stereocenters. The zero-order valence-corrected chi connectivity index (χ0v) is 15.9. The highest BCUT2D eigenvalue weighted by atomic mass is 35.5. The number of hydrogen-bond acceptors (Lipinski definition) is 6. The Hall–Kier alpha value is -2.49. The number of ether oxygens (including phenoxy) is 1. The Morgan fingerprint density at radius 2 is 2.00 bits per heavy atom. The number of benzene rings is 2. The lowest BCUT2D eigenvalue weighted by Gasteiger charge is -2.09. The smallest absolute Gasteiger partial charge is 0.289 e. The first-order chi connectivity index (χ1) is 12.8. The Kier molecular flexibility index (Phi) is 6.89. The molecule has 0 saturated heterocycles. The van der Waals surface area contributed by atoms with E-state index in [1.807, 2.05) is 0 Å². The van der Waals surface area contributed by atoms with Gasteiger partial charge in [-0.25, -0.2) is 8.42 Å². The summed E-state index contributed by atoms with van der Waals surface area (Å²) in [4.78, 5) is 22.0. The Bertz CT molecular complexity index is 962. The van der Waals surface area contributed by atoms with Crippen LogP contribution < -0.4 is 5.32 Å². The second-order valence-corrected chi connectivity index (χ2v) is 7.86. The third-order valence-corrected chi connectivity index (χ3v) is 5.66. The first-order valence-electron chi connectivity index (χ1n) is 7.83. The van der Waals surface area contributed by atoms with Crippen LogP contribution in [0.25, 0.3) is 0 Å². The molecule has 144 valence electrons. The van der Waals surface area contributed by atoms with E-state index in [1.54, 1.807) is 0 Å². The number of carbonyl (C=O) groups is 1. The molecule has 2 rings (SSSR count). The fourth-order valence-electron chi connectivity index (χ4n) is 2.31. The third kappa shape index (κ3) is 5.03. The second kappa shape index (κ2) is 8.94. The standard InChI is InChI=1S/C17H17ClN2O6S/c1-26-9-3-8-19-17(21)12-6-7-16(15(10-12)20(22)23)27(24,25)14-5-2-4-13(18)11-14/h2,4-7,10-11H,3,8-9H2,1H3,(H,19,21). The Labute approximate surface area is 161 Å². The topological polar surface area (TPSA) is 116 Å². The van der Waals surface area contributed by atoms with Crippen LogP contribution in [0.2, 0.25) is 5.02 Å². The Morgan fingerprint density at radius 1 is 1.26 bits per heavy atom. The summed E-state index contributed by atoms with van der Waals surface area (Å²) in [6.07, 6.45) is 0.575. The van der Waals surface area contributed by atoms with Gasteiger partial charge in [-0.15, -0.1) is 0 Å². The largest absolute Gasteiger partial charge is 0.385 e. The van der Waals surface area contributed by atoms with Gasteiger partial charge in [0.2, 0.25) is 9.84 Å². The van der Waals surface area contributed by atoms with Crippen molar-refractivity contribution < 1.29 is 22.9 Å². The summed E-state index contributed by atoms with van der Waals surface area (Å²) in [5.41, 5.74) is -0.691. The number of carbonyl (C=O) groups excluding carboxylic acids is 1. The van der Waals surface area contributed by atoms with Crippen molar-refractivity contribution >= 4 is 33.0 Å². The predicted octanol–water partition coefficient (Wildman–Crippen LogP) is 2.85. The molecule has 8 nitrogen and oxygen atoms in total. The van der Waals surface area contributed by atoms with Crippen molar-refractivity contribution in [2.45, 2.75) is 16.2 Å². The fraction of sp³-hybridized carbons (Fsp3) is 0.235. The first-order valence-corrected chi connectivity index (χ1v) is 9.69. The zero-order valence-electron chi connectivity index (χ0n) is 14.3. The van der Waals surface area contributed by atoms with Crippen LogP contribution in [0.1, 0.15) is 16.8 Å². The highest BCUT2D eigenvalue weighted by molar-refractivity contribution is 7.91. The van der Waals surface area contributed by atoms with Gasteiger partial charge < -0.3 is 10.1 Å². The minimum Gasteiger partial charge on any atom is -0.385 e. The van der Waals surface area contributed by atoms with Crippen LogP contribution in [-0.4, -0.2) is 39.5 Å². The van der Waals surface area contributed by atoms with Gasteiger partial charge in [0.1, 0.15) is 4.90 Å². The minimum absolute atomic E-state index is 0.0100. The number of nitrogens with one attached hydrogen (secondary N) is 1. The van der Waals surface area contributed by atoms with E-state index in [4.69, 9.17) is 16.3 Å². The molecule has 0 aromatic heterocycles. The molecule has 0 atom stereocenters. The first kappa shape index (κ1) is 20.8. The van der Waals surface area contributed by atoms with Gasteiger partial charge in [0.05, 0.1) is 9.82 Å². The highest BCUT2D eigenvalue weighted by Crippen LogP contribution is 2.31. The highest BCUT2D eigenvalue weighted by Gasteiger charge is 2.29. The lowest BCUT2D eigenvalue weighted by Crippen LogP contribution is -2.25. The molecule has 0 heterocycles. The molecule has 0 aliphatic rings. The van der Waals surface area contributed by atoms with Gasteiger partial charge in [-0.3, -0.25) is 14.9 Å². The van der Waals surface area contributed by atoms with Gasteiger partial charge in [0.15, 0.2) is 0 Å². The summed E-state index contributed by atoms with van der Waals surface area (Å²) >= 11 is 5.82. The normalized spacial score (nSPS) is 11.2. The maximum Gasteiger partial charge on any atom is 0.289 e. The lowest BCUT2D eigenvalue weighted by molar-refractivity contribution is -0.387. The average Bonchev–Trinajstić information content (AvgIpc) is 2.64. The van der Waals surface area contributed by atoms with Crippen LogP contribution >= 0.6 is 11.6 Å². The van der Waals surface area contributed by atoms with Crippen LogP contribution in [0, 0.1) is 10.1 Å². The van der Waals surface area contributed by atoms with Crippen LogP contribution in [-0.2, 0) is 14.6 Å². The summed E-state index contributed by atoms with van der Waals surface area (Å²) in [6, 6.07) is 8.66. The molecule has 0 fully saturated rings. The van der Waals surface area contributed by atoms with Crippen molar-refractivity contribution in [3.05, 3.63) is 63.2 Å². The number of sulfone groups is 1. The van der Waals surface area contributed by atoms with E-state index in [2.05, 4.69) is 5.32 Å². The SMILES string of the molecule is COCCCNC(=O)c1ccc(S(=O)(=O)c2cccc(Cl)c2)c([N+](=O)[O-])c1. The van der Waals surface area contributed by atoms with Gasteiger partial charge in [0.25, 0.3) is 11.6 Å². The molecule has 0 radical (unpaired) electrons. The van der Waals surface area contributed by atoms with Crippen molar-refractivity contribution in [3.8, 4) is 0 Å². The summed E-state index contributed by atoms with van der Waals surface area (Å²) < 4.78 is 30.4. The van der Waals surface area contributed by atoms with E-state index in [0.29, 0.717) is 19.6 Å². The maximum atomic E-state index is 12.8. The molecular formula is C17H17ClN2O6S. The number of hydrogen-bond donors (Lipinski definition) is 1. The molecule has 2 aromatic carbocycles. The fourth-order valence-corrected chi connectivity index (χ4v) is 4.01. The molecule has 0 aliphatic heterocycles. The summed E-state index contributed by atoms with van der Waals surface area (Å²) in [5.74, 6) is -0.541. The molecule has 10 heteroatoms. The number of nitro benzene ring substituents is 1. The van der Waals surface area contributed by atoms with E-state index < -0.39 is 31.3 Å². The Morgan fingerprint density at radius 3 is 2.63 bits per heavy atom. The summed E-state index contributed by atoms with van der Waals surface area (Å²) in [7, 11) is -2.65. The van der Waals surface area contributed by atoms with Crippen molar-refractivity contribution in [3.63, 3.8) is 0 Å². The van der Waals surface area contributed by atoms with Crippen molar-refractivity contribution in [2.75, 3.05) is 20.3 Å². The molecular weight excluding hydrogens is 396 g/mol. The molecule has 0 bridgehead atoms. The summed E-state index contributed by atoms with van der Waals surface area (Å²) in [5, 5.41) is 14.2. The van der Waals surface area contributed by atoms with E-state index >= 15 is 0 Å². The maximum absolute atomic E-state index is 12.8. The zero-order chi connectivity index (χ0) is 20.0. The summed E-state index contributed by atoms with van der Waals surface area (Å²) in [6.45, 7) is 0.778. The minimum atomic E-state index is -4.18. The van der Waals surface area contributed by atoms with Crippen molar-refractivity contribution in [1.29, 1.82) is 0 Å². The molecule has 1 N–H and O–H groups in total. The van der Waals surface area contributed by atoms with Gasteiger partial charge in [-0.2, -0.15) is 0 Å². The van der Waals surface area contributed by atoms with E-state index in [-0.39, 0.29) is 15.5 Å². The number of rotatable bonds is 8. The molecule has 0 aliphatic carbocycles. The lowest BCUT2D eigenvalue weighted by atomic mass is 10.2. The van der Waals surface area contributed by atoms with Crippen LogP contribution in [0.4, 0.5) is 5.69 Å². The van der Waals surface area contributed by atoms with E-state index in [1.165, 1.54) is 37.4 Å². The van der Waals surface area contributed by atoms with Crippen LogP contribution in [0.5, 0.6) is 0 Å². The van der Waals surface area contributed by atoms with Crippen LogP contribution in [0.3, 0.4) is 0 Å². The predicted molar refractivity (Wildman–Crippen MR) is 98.8 cm³/mol. The number of nitro groups is 1. The van der Waals surface area contributed by atoms with Crippen molar-refractivity contribution in [1.82, 2.24) is 5.32 Å². The van der Waals surface area contributed by atoms with Gasteiger partial charge in [0, 0.05) is 36.9 Å². The number of halogens is 1. The quantitative estimate of drug-likeness (QED) is 0.405.